The number of ether oxygens (including phenoxy) is 2. The largest absolute Gasteiger partial charge is 0.483 e. The van der Waals surface area contributed by atoms with Crippen LogP contribution in [0.4, 0.5) is 26.3 Å². The Hall–Kier alpha value is -2.98. The molecule has 152 valence electrons. The zero-order valence-electron chi connectivity index (χ0n) is 14.1. The van der Waals surface area contributed by atoms with Gasteiger partial charge in [-0.05, 0) is 36.4 Å². The van der Waals surface area contributed by atoms with Crippen molar-refractivity contribution in [1.29, 1.82) is 0 Å². The lowest BCUT2D eigenvalue weighted by molar-refractivity contribution is -0.153. The molecule has 1 N–H and O–H groups in total. The maximum atomic E-state index is 12.8. The standard InChI is InChI=1S/C17H14F6N2O3/c18-14(19)15(20)28-12-4-1-10(2-5-12)16(26)25-7-11-3-6-13(8-24-11)27-9-17(21,22)23/h1-6,8,14-15H,7,9H2,(H,25,26). The summed E-state index contributed by atoms with van der Waals surface area (Å²) >= 11 is 0. The van der Waals surface area contributed by atoms with E-state index in [1.165, 1.54) is 24.3 Å². The molecule has 1 unspecified atom stereocenters. The van der Waals surface area contributed by atoms with Crippen LogP contribution in [0, 0.1) is 0 Å². The Balaban J connectivity index is 1.84. The quantitative estimate of drug-likeness (QED) is 0.674. The van der Waals surface area contributed by atoms with Gasteiger partial charge in [0.05, 0.1) is 18.4 Å². The highest BCUT2D eigenvalue weighted by Gasteiger charge is 2.28. The van der Waals surface area contributed by atoms with Crippen molar-refractivity contribution in [3.05, 3.63) is 53.9 Å². The van der Waals surface area contributed by atoms with Crippen LogP contribution >= 0.6 is 0 Å². The van der Waals surface area contributed by atoms with E-state index in [2.05, 4.69) is 19.8 Å². The summed E-state index contributed by atoms with van der Waals surface area (Å²) in [5.74, 6) is -0.769. The van der Waals surface area contributed by atoms with Crippen LogP contribution in [0.3, 0.4) is 0 Å². The summed E-state index contributed by atoms with van der Waals surface area (Å²) in [5, 5.41) is 2.51. The summed E-state index contributed by atoms with van der Waals surface area (Å²) in [6.45, 7) is -1.46. The summed E-state index contributed by atoms with van der Waals surface area (Å²) in [7, 11) is 0. The normalized spacial score (nSPS) is 12.5. The summed E-state index contributed by atoms with van der Waals surface area (Å²) in [6, 6.07) is 7.50. The van der Waals surface area contributed by atoms with Crippen LogP contribution in [0.5, 0.6) is 11.5 Å². The Morgan fingerprint density at radius 3 is 2.21 bits per heavy atom. The van der Waals surface area contributed by atoms with Crippen LogP contribution in [0.15, 0.2) is 42.6 Å². The van der Waals surface area contributed by atoms with Gasteiger partial charge in [0.15, 0.2) is 6.61 Å². The summed E-state index contributed by atoms with van der Waals surface area (Å²) in [6.07, 6.45) is -9.43. The molecule has 11 heteroatoms. The van der Waals surface area contributed by atoms with Crippen LogP contribution in [0.1, 0.15) is 16.1 Å². The molecule has 28 heavy (non-hydrogen) atoms. The molecule has 2 aromatic rings. The molecule has 0 fully saturated rings. The highest BCUT2D eigenvalue weighted by molar-refractivity contribution is 5.94. The monoisotopic (exact) mass is 408 g/mol. The minimum Gasteiger partial charge on any atom is -0.483 e. The van der Waals surface area contributed by atoms with Crippen LogP contribution in [0.2, 0.25) is 0 Å². The Morgan fingerprint density at radius 2 is 1.68 bits per heavy atom. The molecule has 1 heterocycles. The van der Waals surface area contributed by atoms with Crippen LogP contribution in [-0.2, 0) is 6.54 Å². The molecule has 1 aromatic heterocycles. The number of pyridine rings is 1. The Morgan fingerprint density at radius 1 is 1.04 bits per heavy atom. The number of aromatic nitrogens is 1. The van der Waals surface area contributed by atoms with Gasteiger partial charge in [-0.25, -0.2) is 8.78 Å². The van der Waals surface area contributed by atoms with Crippen molar-refractivity contribution in [1.82, 2.24) is 10.3 Å². The van der Waals surface area contributed by atoms with E-state index >= 15 is 0 Å². The second-order valence-corrected chi connectivity index (χ2v) is 5.40. The third-order valence-corrected chi connectivity index (χ3v) is 3.19. The first-order valence-corrected chi connectivity index (χ1v) is 7.75. The highest BCUT2D eigenvalue weighted by atomic mass is 19.4. The molecule has 0 radical (unpaired) electrons. The smallest absolute Gasteiger partial charge is 0.422 e. The number of rotatable bonds is 8. The number of carbonyl (C=O) groups is 1. The molecule has 0 aliphatic heterocycles. The minimum absolute atomic E-state index is 0.0193. The van der Waals surface area contributed by atoms with Gasteiger partial charge in [0, 0.05) is 5.56 Å². The van der Waals surface area contributed by atoms with Crippen molar-refractivity contribution in [3.63, 3.8) is 0 Å². The fraction of sp³-hybridized carbons (Fsp3) is 0.294. The van der Waals surface area contributed by atoms with Crippen molar-refractivity contribution in [2.45, 2.75) is 25.5 Å². The first kappa shape index (κ1) is 21.3. The number of hydrogen-bond acceptors (Lipinski definition) is 4. The van der Waals surface area contributed by atoms with Gasteiger partial charge >= 0.3 is 12.6 Å². The zero-order valence-corrected chi connectivity index (χ0v) is 14.1. The van der Waals surface area contributed by atoms with Gasteiger partial charge in [0.2, 0.25) is 0 Å². The lowest BCUT2D eigenvalue weighted by atomic mass is 10.2. The molecule has 1 atom stereocenters. The van der Waals surface area contributed by atoms with Crippen LogP contribution in [0.25, 0.3) is 0 Å². The van der Waals surface area contributed by atoms with Crippen molar-refractivity contribution in [2.75, 3.05) is 6.61 Å². The first-order chi connectivity index (χ1) is 13.1. The van der Waals surface area contributed by atoms with Gasteiger partial charge in [-0.15, -0.1) is 0 Å². The van der Waals surface area contributed by atoms with Crippen LogP contribution < -0.4 is 14.8 Å². The Labute approximate surface area is 155 Å². The number of nitrogens with one attached hydrogen (secondary N) is 1. The molecular weight excluding hydrogens is 394 g/mol. The summed E-state index contributed by atoms with van der Waals surface area (Å²) in [5.41, 5.74) is 0.523. The predicted octanol–water partition coefficient (Wildman–Crippen LogP) is 3.89. The molecule has 0 aliphatic rings. The number of hydrogen-bond donors (Lipinski definition) is 1. The molecule has 0 saturated carbocycles. The number of nitrogens with zero attached hydrogens (tertiary/aromatic N) is 1. The number of carbonyl (C=O) groups excluding carboxylic acids is 1. The van der Waals surface area contributed by atoms with E-state index in [9.17, 15) is 31.1 Å². The SMILES string of the molecule is O=C(NCc1ccc(OCC(F)(F)F)cn1)c1ccc(OC(F)C(F)F)cc1. The third kappa shape index (κ3) is 6.97. The molecule has 0 saturated heterocycles. The van der Waals surface area contributed by atoms with Crippen molar-refractivity contribution >= 4 is 5.91 Å². The number of halogens is 6. The topological polar surface area (TPSA) is 60.5 Å². The summed E-state index contributed by atoms with van der Waals surface area (Å²) < 4.78 is 82.0. The maximum Gasteiger partial charge on any atom is 0.422 e. The van der Waals surface area contributed by atoms with E-state index in [0.29, 0.717) is 5.69 Å². The molecule has 0 spiro atoms. The van der Waals surface area contributed by atoms with Gasteiger partial charge in [0.25, 0.3) is 12.3 Å². The average molecular weight is 408 g/mol. The summed E-state index contributed by atoms with van der Waals surface area (Å²) in [4.78, 5) is 15.9. The number of benzene rings is 1. The lowest BCUT2D eigenvalue weighted by Crippen LogP contribution is -2.23. The predicted molar refractivity (Wildman–Crippen MR) is 84.9 cm³/mol. The fourth-order valence-corrected chi connectivity index (χ4v) is 1.91. The van der Waals surface area contributed by atoms with E-state index in [1.807, 2.05) is 0 Å². The van der Waals surface area contributed by atoms with E-state index in [4.69, 9.17) is 0 Å². The molecule has 1 aromatic carbocycles. The Kier molecular flexibility index (Phi) is 7.07. The number of amides is 1. The van der Waals surface area contributed by atoms with E-state index in [0.717, 1.165) is 18.3 Å². The van der Waals surface area contributed by atoms with Gasteiger partial charge in [0.1, 0.15) is 11.5 Å². The zero-order chi connectivity index (χ0) is 20.7. The van der Waals surface area contributed by atoms with E-state index in [-0.39, 0.29) is 23.6 Å². The number of alkyl halides is 6. The van der Waals surface area contributed by atoms with Gasteiger partial charge in [-0.1, -0.05) is 0 Å². The van der Waals surface area contributed by atoms with Gasteiger partial charge in [-0.2, -0.15) is 17.6 Å². The fourth-order valence-electron chi connectivity index (χ4n) is 1.91. The first-order valence-electron chi connectivity index (χ1n) is 7.75. The molecular formula is C17H14F6N2O3. The lowest BCUT2D eigenvalue weighted by Gasteiger charge is -2.11. The van der Waals surface area contributed by atoms with Gasteiger partial charge in [-0.3, -0.25) is 9.78 Å². The molecule has 0 bridgehead atoms. The second kappa shape index (κ2) is 9.29. The van der Waals surface area contributed by atoms with Crippen molar-refractivity contribution < 1.29 is 40.6 Å². The second-order valence-electron chi connectivity index (χ2n) is 5.40. The maximum absolute atomic E-state index is 12.8. The van der Waals surface area contributed by atoms with Crippen molar-refractivity contribution in [2.24, 2.45) is 0 Å². The third-order valence-electron chi connectivity index (χ3n) is 3.19. The van der Waals surface area contributed by atoms with E-state index < -0.39 is 31.5 Å². The molecule has 1 amide bonds. The van der Waals surface area contributed by atoms with Gasteiger partial charge < -0.3 is 14.8 Å². The Bertz CT molecular complexity index is 766. The molecule has 5 nitrogen and oxygen atoms in total. The van der Waals surface area contributed by atoms with Crippen LogP contribution in [-0.4, -0.2) is 36.5 Å². The minimum atomic E-state index is -4.46. The highest BCUT2D eigenvalue weighted by Crippen LogP contribution is 2.19. The van der Waals surface area contributed by atoms with E-state index in [1.54, 1.807) is 0 Å². The van der Waals surface area contributed by atoms with Crippen molar-refractivity contribution in [3.8, 4) is 11.5 Å². The molecule has 2 rings (SSSR count). The molecule has 0 aliphatic carbocycles. The average Bonchev–Trinajstić information content (AvgIpc) is 2.65.